The van der Waals surface area contributed by atoms with Crippen molar-refractivity contribution in [3.8, 4) is 0 Å². The first kappa shape index (κ1) is 51.1. The predicted octanol–water partition coefficient (Wildman–Crippen LogP) is -5.13. The van der Waals surface area contributed by atoms with Crippen LogP contribution in [0.1, 0.15) is 13.8 Å². The minimum absolute atomic E-state index is 0. The van der Waals surface area contributed by atoms with E-state index in [2.05, 4.69) is 13.6 Å². The van der Waals surface area contributed by atoms with Crippen molar-refractivity contribution in [3.63, 3.8) is 0 Å². The molecule has 3 nitrogen and oxygen atoms in total. The zero-order valence-electron chi connectivity index (χ0n) is 9.13. The van der Waals surface area contributed by atoms with Crippen molar-refractivity contribution < 1.29 is 42.5 Å². The molecule has 0 unspecified atom stereocenters. The van der Waals surface area contributed by atoms with Gasteiger partial charge in [0.15, 0.2) is 7.98 Å². The Morgan fingerprint density at radius 2 is 1.25 bits per heavy atom. The normalized spacial score (nSPS) is 3.92. The molecule has 0 amide bonds. The standard InChI is InChI=1S/C4H10O.CH3.BH2N.B.2Li.H2N/c1-3-5-4-2;;1-2;;;;/h3-4H2,1-2H3;1H3;2H2;;;;1H2/q;-1;;;2*+1;-1. The topological polar surface area (TPSA) is 68.8 Å². The van der Waals surface area contributed by atoms with Crippen molar-refractivity contribution in [2.24, 2.45) is 5.64 Å². The predicted molar refractivity (Wildman–Crippen MR) is 49.6 cm³/mol. The summed E-state index contributed by atoms with van der Waals surface area (Å²) in [5.74, 6) is 0. The number of hydrogen-bond donors (Lipinski definition) is 1. The molecule has 0 fully saturated rings. The Morgan fingerprint density at radius 1 is 1.08 bits per heavy atom. The molecule has 12 heavy (non-hydrogen) atoms. The van der Waals surface area contributed by atoms with E-state index in [1.165, 1.54) is 0 Å². The monoisotopic (exact) mass is 157 g/mol. The third-order valence-electron chi connectivity index (χ3n) is 0.408. The Hall–Kier alpha value is 1.20. The summed E-state index contributed by atoms with van der Waals surface area (Å²) in [7, 11) is 4.00. The molecule has 0 spiro atoms. The van der Waals surface area contributed by atoms with Gasteiger partial charge in [0.25, 0.3) is 0 Å². The first-order chi connectivity index (χ1) is 3.41. The van der Waals surface area contributed by atoms with Crippen LogP contribution in [0.2, 0.25) is 0 Å². The fourth-order valence-corrected chi connectivity index (χ4v) is 0.204. The van der Waals surface area contributed by atoms with E-state index >= 15 is 0 Å². The summed E-state index contributed by atoms with van der Waals surface area (Å²) in [6, 6.07) is 0. The summed E-state index contributed by atoms with van der Waals surface area (Å²) in [4.78, 5) is 0. The molecule has 4 N–H and O–H groups in total. The molecule has 0 aromatic heterocycles. The average molecular weight is 157 g/mol. The average Bonchev–Trinajstić information content (AvgIpc) is 1.75. The van der Waals surface area contributed by atoms with Crippen LogP contribution in [0.15, 0.2) is 0 Å². The molecule has 0 rings (SSSR count). The number of ether oxygens (including phenoxy) is 1. The van der Waals surface area contributed by atoms with Gasteiger partial charge in [0.05, 0.1) is 0 Å². The van der Waals surface area contributed by atoms with Crippen LogP contribution in [-0.2, 0) is 4.74 Å². The van der Waals surface area contributed by atoms with E-state index in [4.69, 9.17) is 4.74 Å². The Kier molecular flexibility index (Phi) is 369. The summed E-state index contributed by atoms with van der Waals surface area (Å²) < 4.78 is 4.83. The SMILES string of the molecule is CCOCC.[B].[B]N.[CH3-].[Li+].[Li+].[NH2-]. The molecule has 0 aromatic carbocycles. The molecule has 0 bridgehead atoms. The maximum absolute atomic E-state index is 4.83. The number of hydrogen-bond acceptors (Lipinski definition) is 2. The minimum Gasteiger partial charge on any atom is -0.693 e. The second-order valence-electron chi connectivity index (χ2n) is 0.781. The molecule has 0 heterocycles. The Bertz CT molecular complexity index is 32.9. The van der Waals surface area contributed by atoms with E-state index in [9.17, 15) is 0 Å². The van der Waals surface area contributed by atoms with Crippen LogP contribution in [0.5, 0.6) is 0 Å². The van der Waals surface area contributed by atoms with Crippen molar-refractivity contribution in [2.45, 2.75) is 13.8 Å². The summed E-state index contributed by atoms with van der Waals surface area (Å²) in [5, 5.41) is 0. The summed E-state index contributed by atoms with van der Waals surface area (Å²) >= 11 is 0. The van der Waals surface area contributed by atoms with Crippen molar-refractivity contribution in [1.82, 2.24) is 0 Å². The fraction of sp³-hybridized carbons (Fsp3) is 0.800. The largest absolute Gasteiger partial charge is 1.00 e. The molecular formula is C5H17B2Li2N2O. The molecule has 0 aromatic rings. The van der Waals surface area contributed by atoms with Crippen LogP contribution in [-0.4, -0.2) is 29.6 Å². The van der Waals surface area contributed by atoms with Crippen LogP contribution in [0.3, 0.4) is 0 Å². The van der Waals surface area contributed by atoms with Gasteiger partial charge < -0.3 is 24.0 Å². The van der Waals surface area contributed by atoms with Crippen molar-refractivity contribution in [1.29, 1.82) is 0 Å². The van der Waals surface area contributed by atoms with Gasteiger partial charge in [-0.25, -0.2) is 0 Å². The summed E-state index contributed by atoms with van der Waals surface area (Å²) in [6.45, 7) is 5.67. The second-order valence-corrected chi connectivity index (χ2v) is 0.781. The molecule has 7 heteroatoms. The Morgan fingerprint density at radius 3 is 1.25 bits per heavy atom. The molecule has 0 saturated heterocycles. The molecule has 0 atom stereocenters. The van der Waals surface area contributed by atoms with Gasteiger partial charge in [-0.2, -0.15) is 0 Å². The molecular weight excluding hydrogens is 140 g/mol. The Balaban J connectivity index is -0.00000000671. The molecule has 0 aliphatic rings. The third kappa shape index (κ3) is 114. The van der Waals surface area contributed by atoms with Gasteiger partial charge in [-0.15, -0.1) is 0 Å². The van der Waals surface area contributed by atoms with Crippen molar-refractivity contribution in [3.05, 3.63) is 13.6 Å². The quantitative estimate of drug-likeness (QED) is 0.321. The van der Waals surface area contributed by atoms with Crippen LogP contribution >= 0.6 is 0 Å². The minimum atomic E-state index is 0. The zero-order chi connectivity index (χ0) is 6.12. The van der Waals surface area contributed by atoms with Crippen LogP contribution in [0.4, 0.5) is 0 Å². The fourth-order valence-electron chi connectivity index (χ4n) is 0.204. The first-order valence-electron chi connectivity index (χ1n) is 2.32. The molecule has 61 valence electrons. The number of nitrogens with two attached hydrogens (primary N) is 2. The molecule has 5 radical (unpaired) electrons. The van der Waals surface area contributed by atoms with Gasteiger partial charge in [-0.1, -0.05) is 0 Å². The van der Waals surface area contributed by atoms with E-state index in [1.54, 1.807) is 0 Å². The van der Waals surface area contributed by atoms with Crippen molar-refractivity contribution >= 4 is 16.4 Å². The van der Waals surface area contributed by atoms with E-state index in [-0.39, 0.29) is 59.7 Å². The number of rotatable bonds is 2. The van der Waals surface area contributed by atoms with Crippen LogP contribution < -0.4 is 43.4 Å². The van der Waals surface area contributed by atoms with Gasteiger partial charge >= 0.3 is 37.7 Å². The van der Waals surface area contributed by atoms with Crippen LogP contribution in [0, 0.1) is 7.43 Å². The van der Waals surface area contributed by atoms with E-state index < -0.39 is 0 Å². The first-order valence-corrected chi connectivity index (χ1v) is 2.32. The van der Waals surface area contributed by atoms with Gasteiger partial charge in [-0.05, 0) is 13.8 Å². The van der Waals surface area contributed by atoms with E-state index in [0.29, 0.717) is 0 Å². The summed E-state index contributed by atoms with van der Waals surface area (Å²) in [5.41, 5.74) is 4.00. The third-order valence-corrected chi connectivity index (χ3v) is 0.408. The van der Waals surface area contributed by atoms with Crippen LogP contribution in [0.25, 0.3) is 6.15 Å². The van der Waals surface area contributed by atoms with Gasteiger partial charge in [0.2, 0.25) is 0 Å². The second kappa shape index (κ2) is 86.7. The molecule has 0 saturated carbocycles. The molecule has 0 aliphatic heterocycles. The smallest absolute Gasteiger partial charge is 0.693 e. The van der Waals surface area contributed by atoms with Crippen molar-refractivity contribution in [2.75, 3.05) is 13.2 Å². The Labute approximate surface area is 105 Å². The maximum atomic E-state index is 4.83. The van der Waals surface area contributed by atoms with Gasteiger partial charge in [-0.3, -0.25) is 0 Å². The van der Waals surface area contributed by atoms with E-state index in [0.717, 1.165) is 13.2 Å². The molecule has 0 aliphatic carbocycles. The van der Waals surface area contributed by atoms with E-state index in [1.807, 2.05) is 13.8 Å². The van der Waals surface area contributed by atoms with Gasteiger partial charge in [0, 0.05) is 21.6 Å². The summed E-state index contributed by atoms with van der Waals surface area (Å²) in [6.07, 6.45) is 0. The van der Waals surface area contributed by atoms with Gasteiger partial charge in [0.1, 0.15) is 0 Å². The zero-order valence-corrected chi connectivity index (χ0v) is 9.13. The maximum Gasteiger partial charge on any atom is 1.00 e.